The second-order valence-corrected chi connectivity index (χ2v) is 8.25. The first kappa shape index (κ1) is 22.0. The summed E-state index contributed by atoms with van der Waals surface area (Å²) in [6, 6.07) is 12.3. The summed E-state index contributed by atoms with van der Waals surface area (Å²) < 4.78 is 0. The van der Waals surface area contributed by atoms with E-state index in [1.165, 1.54) is 35.6 Å². The molecule has 2 amide bonds. The van der Waals surface area contributed by atoms with Crippen LogP contribution in [0.1, 0.15) is 29.8 Å². The van der Waals surface area contributed by atoms with Crippen LogP contribution in [0.15, 0.2) is 48.5 Å². The van der Waals surface area contributed by atoms with E-state index in [0.717, 1.165) is 11.1 Å². The molecule has 10 heteroatoms. The Morgan fingerprint density at radius 1 is 1.10 bits per heavy atom. The highest BCUT2D eigenvalue weighted by atomic mass is 32.1. The molecule has 0 bridgehead atoms. The number of benzene rings is 2. The Morgan fingerprint density at radius 2 is 1.84 bits per heavy atom. The van der Waals surface area contributed by atoms with Gasteiger partial charge in [0.2, 0.25) is 11.0 Å². The van der Waals surface area contributed by atoms with Crippen LogP contribution < -0.4 is 10.6 Å². The van der Waals surface area contributed by atoms with E-state index in [1.54, 1.807) is 13.8 Å². The summed E-state index contributed by atoms with van der Waals surface area (Å²) in [6.07, 6.45) is 0. The molecule has 0 aliphatic carbocycles. The number of hydrogen-bond donors (Lipinski definition) is 2. The van der Waals surface area contributed by atoms with Crippen LogP contribution in [-0.4, -0.2) is 33.0 Å². The zero-order valence-electron chi connectivity index (χ0n) is 17.2. The van der Waals surface area contributed by atoms with Gasteiger partial charge in [0.15, 0.2) is 0 Å². The quantitative estimate of drug-likeness (QED) is 0.426. The first-order valence-electron chi connectivity index (χ1n) is 9.51. The summed E-state index contributed by atoms with van der Waals surface area (Å²) in [5.41, 5.74) is 1.89. The smallest absolute Gasteiger partial charge is 0.270 e. The van der Waals surface area contributed by atoms with Gasteiger partial charge in [0.05, 0.1) is 4.92 Å². The van der Waals surface area contributed by atoms with E-state index in [9.17, 15) is 19.7 Å². The van der Waals surface area contributed by atoms with Crippen LogP contribution in [0.25, 0.3) is 10.6 Å². The number of hydrogen-bond acceptors (Lipinski definition) is 7. The molecule has 9 nitrogen and oxygen atoms in total. The number of amides is 2. The second-order valence-electron chi connectivity index (χ2n) is 7.27. The Hall–Kier alpha value is -3.66. The molecule has 3 rings (SSSR count). The van der Waals surface area contributed by atoms with Crippen LogP contribution >= 0.6 is 11.3 Å². The van der Waals surface area contributed by atoms with Gasteiger partial charge in [-0.15, -0.1) is 10.2 Å². The Labute approximate surface area is 182 Å². The number of carbonyl (C=O) groups is 2. The molecule has 1 unspecified atom stereocenters. The average molecular weight is 439 g/mol. The normalized spacial score (nSPS) is 11.7. The lowest BCUT2D eigenvalue weighted by Crippen LogP contribution is -2.47. The minimum absolute atomic E-state index is 0.102. The lowest BCUT2D eigenvalue weighted by Gasteiger charge is -2.21. The van der Waals surface area contributed by atoms with Gasteiger partial charge in [-0.2, -0.15) is 0 Å². The molecule has 160 valence electrons. The van der Waals surface area contributed by atoms with Gasteiger partial charge < -0.3 is 5.32 Å². The highest BCUT2D eigenvalue weighted by Crippen LogP contribution is 2.27. The number of aryl methyl sites for hydroxylation is 1. The summed E-state index contributed by atoms with van der Waals surface area (Å²) in [7, 11) is 0. The van der Waals surface area contributed by atoms with Crippen molar-refractivity contribution < 1.29 is 14.5 Å². The molecule has 3 aromatic rings. The summed E-state index contributed by atoms with van der Waals surface area (Å²) in [5, 5.41) is 25.4. The van der Waals surface area contributed by atoms with Crippen molar-refractivity contribution in [2.75, 3.05) is 5.32 Å². The van der Waals surface area contributed by atoms with Gasteiger partial charge in [0, 0.05) is 23.3 Å². The van der Waals surface area contributed by atoms with Crippen LogP contribution in [-0.2, 0) is 4.79 Å². The number of non-ortho nitro benzene ring substituents is 1. The van der Waals surface area contributed by atoms with Gasteiger partial charge in [-0.05, 0) is 25.0 Å². The van der Waals surface area contributed by atoms with Crippen molar-refractivity contribution in [1.82, 2.24) is 15.5 Å². The third-order valence-corrected chi connectivity index (χ3v) is 5.36. The molecular formula is C21H21N5O4S. The third kappa shape index (κ3) is 5.48. The van der Waals surface area contributed by atoms with Gasteiger partial charge in [0.25, 0.3) is 11.6 Å². The summed E-state index contributed by atoms with van der Waals surface area (Å²) in [5.74, 6) is -1.25. The number of anilines is 1. The number of carbonyl (C=O) groups excluding carboxylic acids is 2. The van der Waals surface area contributed by atoms with Crippen molar-refractivity contribution in [1.29, 1.82) is 0 Å². The molecule has 0 radical (unpaired) electrons. The maximum absolute atomic E-state index is 12.8. The lowest BCUT2D eigenvalue weighted by molar-refractivity contribution is -0.384. The molecule has 0 spiro atoms. The first-order valence-corrected chi connectivity index (χ1v) is 10.3. The van der Waals surface area contributed by atoms with E-state index in [1.807, 2.05) is 31.2 Å². The van der Waals surface area contributed by atoms with Crippen LogP contribution in [0.2, 0.25) is 0 Å². The minimum atomic E-state index is -0.863. The molecule has 0 aliphatic rings. The standard InChI is InChI=1S/C21H21N5O4S/c1-12(2)17(22-18(27)14-7-5-9-16(11-14)26(29)30)19(28)23-21-25-24-20(31-21)15-8-4-6-13(3)10-15/h4-12,17H,1-3H3,(H,22,27)(H,23,25,28). The average Bonchev–Trinajstić information content (AvgIpc) is 3.20. The monoisotopic (exact) mass is 439 g/mol. The molecule has 2 N–H and O–H groups in total. The molecule has 1 heterocycles. The van der Waals surface area contributed by atoms with Crippen LogP contribution in [0, 0.1) is 23.0 Å². The fourth-order valence-corrected chi connectivity index (χ4v) is 3.61. The molecule has 0 saturated carbocycles. The van der Waals surface area contributed by atoms with Gasteiger partial charge in [-0.3, -0.25) is 25.0 Å². The SMILES string of the molecule is Cc1cccc(-c2nnc(NC(=O)C(NC(=O)c3cccc([N+](=O)[O-])c3)C(C)C)s2)c1. The Kier molecular flexibility index (Phi) is 6.71. The number of aromatic nitrogens is 2. The lowest BCUT2D eigenvalue weighted by atomic mass is 10.0. The number of nitrogens with one attached hydrogen (secondary N) is 2. The van der Waals surface area contributed by atoms with Gasteiger partial charge in [0.1, 0.15) is 11.0 Å². The van der Waals surface area contributed by atoms with E-state index in [4.69, 9.17) is 0 Å². The molecule has 0 aliphatic heterocycles. The van der Waals surface area contributed by atoms with Crippen molar-refractivity contribution in [3.8, 4) is 10.6 Å². The molecular weight excluding hydrogens is 418 g/mol. The van der Waals surface area contributed by atoms with E-state index in [-0.39, 0.29) is 17.2 Å². The maximum atomic E-state index is 12.8. The summed E-state index contributed by atoms with van der Waals surface area (Å²) >= 11 is 1.23. The van der Waals surface area contributed by atoms with Crippen LogP contribution in [0.5, 0.6) is 0 Å². The molecule has 0 fully saturated rings. The zero-order valence-corrected chi connectivity index (χ0v) is 18.0. The zero-order chi connectivity index (χ0) is 22.5. The molecule has 31 heavy (non-hydrogen) atoms. The van der Waals surface area contributed by atoms with Crippen molar-refractivity contribution in [2.45, 2.75) is 26.8 Å². The van der Waals surface area contributed by atoms with Gasteiger partial charge >= 0.3 is 0 Å². The van der Waals surface area contributed by atoms with Crippen molar-refractivity contribution >= 4 is 34.0 Å². The third-order valence-electron chi connectivity index (χ3n) is 4.48. The highest BCUT2D eigenvalue weighted by molar-refractivity contribution is 7.18. The summed E-state index contributed by atoms with van der Waals surface area (Å²) in [4.78, 5) is 35.7. The Bertz CT molecular complexity index is 1130. The van der Waals surface area contributed by atoms with Crippen molar-refractivity contribution in [3.63, 3.8) is 0 Å². The second kappa shape index (κ2) is 9.43. The van der Waals surface area contributed by atoms with Gasteiger partial charge in [-0.25, -0.2) is 0 Å². The molecule has 1 aromatic heterocycles. The summed E-state index contributed by atoms with van der Waals surface area (Å²) in [6.45, 7) is 5.55. The van der Waals surface area contributed by atoms with Crippen LogP contribution in [0.3, 0.4) is 0 Å². The van der Waals surface area contributed by atoms with E-state index in [0.29, 0.717) is 10.1 Å². The number of rotatable bonds is 7. The largest absolute Gasteiger partial charge is 0.340 e. The van der Waals surface area contributed by atoms with E-state index < -0.39 is 22.8 Å². The van der Waals surface area contributed by atoms with Gasteiger partial charge in [-0.1, -0.05) is 55.0 Å². The maximum Gasteiger partial charge on any atom is 0.270 e. The predicted octanol–water partition coefficient (Wildman–Crippen LogP) is 3.81. The van der Waals surface area contributed by atoms with E-state index >= 15 is 0 Å². The topological polar surface area (TPSA) is 127 Å². The van der Waals surface area contributed by atoms with Crippen molar-refractivity contribution in [2.24, 2.45) is 5.92 Å². The van der Waals surface area contributed by atoms with E-state index in [2.05, 4.69) is 20.8 Å². The highest BCUT2D eigenvalue weighted by Gasteiger charge is 2.26. The fourth-order valence-electron chi connectivity index (χ4n) is 2.87. The van der Waals surface area contributed by atoms with Crippen molar-refractivity contribution in [3.05, 3.63) is 69.8 Å². The predicted molar refractivity (Wildman–Crippen MR) is 118 cm³/mol. The Morgan fingerprint density at radius 3 is 2.52 bits per heavy atom. The first-order chi connectivity index (χ1) is 14.7. The minimum Gasteiger partial charge on any atom is -0.340 e. The number of nitro benzene ring substituents is 1. The number of nitrogens with zero attached hydrogens (tertiary/aromatic N) is 3. The number of nitro groups is 1. The fraction of sp³-hybridized carbons (Fsp3) is 0.238. The van der Waals surface area contributed by atoms with Crippen LogP contribution in [0.4, 0.5) is 10.8 Å². The molecule has 2 aromatic carbocycles. The Balaban J connectivity index is 1.72. The molecule has 0 saturated heterocycles. The molecule has 1 atom stereocenters.